The third kappa shape index (κ3) is 4.25. The van der Waals surface area contributed by atoms with Crippen molar-refractivity contribution in [3.63, 3.8) is 0 Å². The fourth-order valence-corrected chi connectivity index (χ4v) is 3.68. The van der Waals surface area contributed by atoms with Crippen LogP contribution in [-0.4, -0.2) is 32.5 Å². The second kappa shape index (κ2) is 8.37. The highest BCUT2D eigenvalue weighted by Gasteiger charge is 2.11. The number of imidazole rings is 1. The number of halogens is 1. The molecule has 0 spiro atoms. The summed E-state index contributed by atoms with van der Waals surface area (Å²) in [5.41, 5.74) is 4.95. The van der Waals surface area contributed by atoms with Crippen molar-refractivity contribution in [3.8, 4) is 5.75 Å². The minimum absolute atomic E-state index is 0.0947. The number of nitrogens with zero attached hydrogens (tertiary/aromatic N) is 3. The maximum absolute atomic E-state index is 12.0. The number of hydrogen-bond donors (Lipinski definition) is 2. The molecule has 0 saturated carbocycles. The number of nitrogens with one attached hydrogen (secondary N) is 1. The molecule has 0 radical (unpaired) electrons. The van der Waals surface area contributed by atoms with Crippen LogP contribution in [0, 0.1) is 0 Å². The molecule has 3 rings (SSSR count). The van der Waals surface area contributed by atoms with E-state index in [1.54, 1.807) is 18.2 Å². The average molecular weight is 433 g/mol. The number of hydrogen-bond acceptors (Lipinski definition) is 5. The summed E-state index contributed by atoms with van der Waals surface area (Å²) >= 11 is 4.69. The topological polar surface area (TPSA) is 79.5 Å². The van der Waals surface area contributed by atoms with Crippen molar-refractivity contribution < 1.29 is 9.90 Å². The van der Waals surface area contributed by atoms with Gasteiger partial charge in [-0.05, 0) is 37.3 Å². The second-order valence-corrected chi connectivity index (χ2v) is 7.27. The van der Waals surface area contributed by atoms with Crippen molar-refractivity contribution in [3.05, 3.63) is 52.5 Å². The van der Waals surface area contributed by atoms with Gasteiger partial charge >= 0.3 is 0 Å². The van der Waals surface area contributed by atoms with Crippen LogP contribution in [0.3, 0.4) is 0 Å². The number of phenolic OH excluding ortho intramolecular Hbond substituents is 1. The van der Waals surface area contributed by atoms with Gasteiger partial charge in [0.05, 0.1) is 23.0 Å². The van der Waals surface area contributed by atoms with Crippen LogP contribution in [0.15, 0.2) is 57.2 Å². The summed E-state index contributed by atoms with van der Waals surface area (Å²) in [4.78, 5) is 16.6. The average Bonchev–Trinajstić information content (AvgIpc) is 3.00. The van der Waals surface area contributed by atoms with Crippen LogP contribution in [-0.2, 0) is 11.3 Å². The van der Waals surface area contributed by atoms with E-state index in [0.717, 1.165) is 27.2 Å². The Hall–Kier alpha value is -2.32. The number of aromatic hydroxyl groups is 1. The highest BCUT2D eigenvalue weighted by Crippen LogP contribution is 2.24. The molecular formula is C18H17BrN4O2S. The van der Waals surface area contributed by atoms with E-state index in [0.29, 0.717) is 5.56 Å². The first-order valence-corrected chi connectivity index (χ1v) is 9.75. The summed E-state index contributed by atoms with van der Waals surface area (Å²) in [5, 5.41) is 14.4. The number of carbonyl (C=O) groups excluding carboxylic acids is 1. The first-order chi connectivity index (χ1) is 12.6. The molecule has 1 aromatic heterocycles. The molecule has 0 saturated heterocycles. The molecule has 0 fully saturated rings. The van der Waals surface area contributed by atoms with Crippen molar-refractivity contribution in [2.45, 2.75) is 18.6 Å². The van der Waals surface area contributed by atoms with Crippen LogP contribution in [0.2, 0.25) is 0 Å². The Morgan fingerprint density at radius 1 is 1.38 bits per heavy atom. The zero-order valence-electron chi connectivity index (χ0n) is 14.0. The molecular weight excluding hydrogens is 416 g/mol. The third-order valence-corrected chi connectivity index (χ3v) is 5.12. The Kier molecular flexibility index (Phi) is 5.95. The molecule has 8 heteroatoms. The number of rotatable bonds is 6. The lowest BCUT2D eigenvalue weighted by molar-refractivity contribution is -0.118. The second-order valence-electron chi connectivity index (χ2n) is 5.41. The Bertz CT molecular complexity index is 971. The fourth-order valence-electron chi connectivity index (χ4n) is 2.43. The van der Waals surface area contributed by atoms with E-state index in [1.165, 1.54) is 18.0 Å². The summed E-state index contributed by atoms with van der Waals surface area (Å²) in [6, 6.07) is 12.9. The monoisotopic (exact) mass is 432 g/mol. The maximum Gasteiger partial charge on any atom is 0.250 e. The molecule has 2 aromatic carbocycles. The van der Waals surface area contributed by atoms with Gasteiger partial charge in [-0.15, -0.1) is 0 Å². The van der Waals surface area contributed by atoms with Crippen LogP contribution >= 0.6 is 27.7 Å². The standard InChI is InChI=1S/C18H17BrN4O2S/c1-2-23-15-6-4-3-5-14(15)21-18(23)26-11-17(25)22-20-10-12-9-13(19)7-8-16(12)24/h3-10,24H,2,11H2,1H3,(H,22,25)/b20-10+. The zero-order chi connectivity index (χ0) is 18.5. The molecule has 0 atom stereocenters. The number of para-hydroxylation sites is 2. The molecule has 134 valence electrons. The van der Waals surface area contributed by atoms with Gasteiger partial charge in [-0.1, -0.05) is 39.8 Å². The van der Waals surface area contributed by atoms with Gasteiger partial charge in [0.2, 0.25) is 0 Å². The molecule has 6 nitrogen and oxygen atoms in total. The van der Waals surface area contributed by atoms with Gasteiger partial charge in [0.25, 0.3) is 5.91 Å². The maximum atomic E-state index is 12.0. The first-order valence-electron chi connectivity index (χ1n) is 7.97. The third-order valence-electron chi connectivity index (χ3n) is 3.65. The molecule has 3 aromatic rings. The van der Waals surface area contributed by atoms with Gasteiger partial charge < -0.3 is 9.67 Å². The first kappa shape index (κ1) is 18.5. The summed E-state index contributed by atoms with van der Waals surface area (Å²) < 4.78 is 2.90. The lowest BCUT2D eigenvalue weighted by Gasteiger charge is -2.05. The van der Waals surface area contributed by atoms with Crippen molar-refractivity contribution in [2.75, 3.05) is 5.75 Å². The minimum Gasteiger partial charge on any atom is -0.507 e. The van der Waals surface area contributed by atoms with Crippen LogP contribution in [0.5, 0.6) is 5.75 Å². The van der Waals surface area contributed by atoms with Gasteiger partial charge in [0.15, 0.2) is 5.16 Å². The molecule has 0 unspecified atom stereocenters. The summed E-state index contributed by atoms with van der Waals surface area (Å²) in [5.74, 6) is 0.0539. The molecule has 0 bridgehead atoms. The van der Waals surface area contributed by atoms with Gasteiger partial charge in [-0.25, -0.2) is 10.4 Å². The number of phenols is 1. The van der Waals surface area contributed by atoms with Crippen LogP contribution < -0.4 is 5.43 Å². The Morgan fingerprint density at radius 2 is 2.19 bits per heavy atom. The number of aryl methyl sites for hydroxylation is 1. The SMILES string of the molecule is CCn1c(SCC(=O)N/N=C/c2cc(Br)ccc2O)nc2ccccc21. The smallest absolute Gasteiger partial charge is 0.250 e. The molecule has 2 N–H and O–H groups in total. The summed E-state index contributed by atoms with van der Waals surface area (Å²) in [7, 11) is 0. The molecule has 1 amide bonds. The van der Waals surface area contributed by atoms with Crippen LogP contribution in [0.4, 0.5) is 0 Å². The number of thioether (sulfide) groups is 1. The van der Waals surface area contributed by atoms with Crippen molar-refractivity contribution in [1.82, 2.24) is 15.0 Å². The number of benzene rings is 2. The predicted octanol–water partition coefficient (Wildman–Crippen LogP) is 3.77. The number of aromatic nitrogens is 2. The van der Waals surface area contributed by atoms with Gasteiger partial charge in [-0.3, -0.25) is 4.79 Å². The van der Waals surface area contributed by atoms with E-state index < -0.39 is 0 Å². The van der Waals surface area contributed by atoms with Crippen LogP contribution in [0.1, 0.15) is 12.5 Å². The van der Waals surface area contributed by atoms with E-state index in [2.05, 4.69) is 36.0 Å². The molecule has 0 aliphatic rings. The quantitative estimate of drug-likeness (QED) is 0.353. The van der Waals surface area contributed by atoms with E-state index in [1.807, 2.05) is 31.2 Å². The highest BCUT2D eigenvalue weighted by atomic mass is 79.9. The predicted molar refractivity (Wildman–Crippen MR) is 108 cm³/mol. The molecule has 0 aliphatic carbocycles. The van der Waals surface area contributed by atoms with E-state index in [9.17, 15) is 9.90 Å². The van der Waals surface area contributed by atoms with Crippen molar-refractivity contribution >= 4 is 50.8 Å². The largest absolute Gasteiger partial charge is 0.507 e. The Labute approximate surface area is 163 Å². The number of fused-ring (bicyclic) bond motifs is 1. The Balaban J connectivity index is 1.61. The van der Waals surface area contributed by atoms with Gasteiger partial charge in [0, 0.05) is 16.6 Å². The van der Waals surface area contributed by atoms with E-state index in [-0.39, 0.29) is 17.4 Å². The van der Waals surface area contributed by atoms with Crippen molar-refractivity contribution in [2.24, 2.45) is 5.10 Å². The number of hydrazone groups is 1. The van der Waals surface area contributed by atoms with E-state index in [4.69, 9.17) is 0 Å². The van der Waals surface area contributed by atoms with Crippen LogP contribution in [0.25, 0.3) is 11.0 Å². The van der Waals surface area contributed by atoms with E-state index >= 15 is 0 Å². The number of carbonyl (C=O) groups is 1. The minimum atomic E-state index is -0.240. The highest BCUT2D eigenvalue weighted by molar-refractivity contribution is 9.10. The zero-order valence-corrected chi connectivity index (χ0v) is 16.4. The lowest BCUT2D eigenvalue weighted by Crippen LogP contribution is -2.20. The number of amides is 1. The summed E-state index contributed by atoms with van der Waals surface area (Å²) in [6.07, 6.45) is 1.41. The Morgan fingerprint density at radius 3 is 3.00 bits per heavy atom. The summed E-state index contributed by atoms with van der Waals surface area (Å²) in [6.45, 7) is 2.83. The van der Waals surface area contributed by atoms with Gasteiger partial charge in [0.1, 0.15) is 5.75 Å². The molecule has 0 aliphatic heterocycles. The lowest BCUT2D eigenvalue weighted by atomic mass is 10.2. The molecule has 26 heavy (non-hydrogen) atoms. The van der Waals surface area contributed by atoms with Gasteiger partial charge in [-0.2, -0.15) is 5.10 Å². The van der Waals surface area contributed by atoms with Crippen molar-refractivity contribution in [1.29, 1.82) is 0 Å². The fraction of sp³-hybridized carbons (Fsp3) is 0.167. The molecule has 1 heterocycles. The normalized spacial score (nSPS) is 11.3.